The van der Waals surface area contributed by atoms with Gasteiger partial charge >= 0.3 is 0 Å². The van der Waals surface area contributed by atoms with Crippen LogP contribution in [0.3, 0.4) is 0 Å². The number of nitriles is 1. The number of carbonyl (C=O) groups is 1. The maximum atomic E-state index is 11.9. The van der Waals surface area contributed by atoms with E-state index in [1.807, 2.05) is 13.0 Å². The average Bonchev–Trinajstić information content (AvgIpc) is 2.48. The predicted molar refractivity (Wildman–Crippen MR) is 87.1 cm³/mol. The highest BCUT2D eigenvalue weighted by atomic mass is 16.1. The second-order valence-electron chi connectivity index (χ2n) is 5.56. The lowest BCUT2D eigenvalue weighted by Crippen LogP contribution is -2.12. The third kappa shape index (κ3) is 6.94. The van der Waals surface area contributed by atoms with Crippen LogP contribution in [-0.2, 0) is 4.79 Å². The third-order valence-electron chi connectivity index (χ3n) is 3.65. The van der Waals surface area contributed by atoms with Gasteiger partial charge in [-0.1, -0.05) is 51.5 Å². The fourth-order valence-electron chi connectivity index (χ4n) is 2.28. The topological polar surface area (TPSA) is 52.9 Å². The van der Waals surface area contributed by atoms with Crippen molar-refractivity contribution in [1.82, 2.24) is 0 Å². The molecule has 0 aliphatic heterocycles. The number of anilines is 1. The number of hydrogen-bond donors (Lipinski definition) is 1. The number of carbonyl (C=O) groups excluding carboxylic acids is 1. The summed E-state index contributed by atoms with van der Waals surface area (Å²) in [4.78, 5) is 11.9. The SMILES string of the molecule is CCCCCCCCCC(=O)Nc1cc(C#N)ccc1C. The zero-order valence-electron chi connectivity index (χ0n) is 13.2. The minimum atomic E-state index is 0.0433. The van der Waals surface area contributed by atoms with Crippen LogP contribution in [0.2, 0.25) is 0 Å². The number of nitrogens with one attached hydrogen (secondary N) is 1. The molecule has 0 aliphatic rings. The summed E-state index contributed by atoms with van der Waals surface area (Å²) in [7, 11) is 0. The van der Waals surface area contributed by atoms with E-state index < -0.39 is 0 Å². The first-order valence-electron chi connectivity index (χ1n) is 7.98. The first-order valence-corrected chi connectivity index (χ1v) is 7.98. The maximum Gasteiger partial charge on any atom is 0.224 e. The lowest BCUT2D eigenvalue weighted by atomic mass is 10.1. The van der Waals surface area contributed by atoms with E-state index in [2.05, 4.69) is 18.3 Å². The van der Waals surface area contributed by atoms with Crippen LogP contribution < -0.4 is 5.32 Å². The average molecular weight is 286 g/mol. The van der Waals surface area contributed by atoms with Crippen molar-refractivity contribution in [2.45, 2.75) is 65.2 Å². The molecule has 0 fully saturated rings. The van der Waals surface area contributed by atoms with Crippen LogP contribution in [0.1, 0.15) is 69.4 Å². The van der Waals surface area contributed by atoms with Crippen LogP contribution in [0.15, 0.2) is 18.2 Å². The van der Waals surface area contributed by atoms with Crippen molar-refractivity contribution in [3.8, 4) is 6.07 Å². The maximum absolute atomic E-state index is 11.9. The molecule has 0 atom stereocenters. The molecule has 1 amide bonds. The first-order chi connectivity index (χ1) is 10.2. The number of rotatable bonds is 9. The van der Waals surface area contributed by atoms with E-state index >= 15 is 0 Å². The highest BCUT2D eigenvalue weighted by Crippen LogP contribution is 2.17. The van der Waals surface area contributed by atoms with E-state index in [4.69, 9.17) is 5.26 Å². The molecule has 0 aliphatic carbocycles. The van der Waals surface area contributed by atoms with Gasteiger partial charge in [0.25, 0.3) is 0 Å². The number of nitrogens with zero attached hydrogens (tertiary/aromatic N) is 1. The Bertz CT molecular complexity index is 488. The van der Waals surface area contributed by atoms with E-state index in [1.54, 1.807) is 12.1 Å². The van der Waals surface area contributed by atoms with E-state index in [1.165, 1.54) is 32.1 Å². The van der Waals surface area contributed by atoms with Gasteiger partial charge in [0.05, 0.1) is 11.6 Å². The lowest BCUT2D eigenvalue weighted by molar-refractivity contribution is -0.116. The van der Waals surface area contributed by atoms with Crippen LogP contribution in [-0.4, -0.2) is 5.91 Å². The summed E-state index contributed by atoms with van der Waals surface area (Å²) in [6, 6.07) is 7.46. The number of amides is 1. The quantitative estimate of drug-likeness (QED) is 0.653. The number of unbranched alkanes of at least 4 members (excludes halogenated alkanes) is 6. The second kappa shape index (κ2) is 9.99. The van der Waals surface area contributed by atoms with Gasteiger partial charge in [-0.15, -0.1) is 0 Å². The summed E-state index contributed by atoms with van der Waals surface area (Å²) in [6.45, 7) is 4.15. The smallest absolute Gasteiger partial charge is 0.224 e. The molecule has 3 nitrogen and oxygen atoms in total. The Kier molecular flexibility index (Phi) is 8.19. The van der Waals surface area contributed by atoms with E-state index in [-0.39, 0.29) is 5.91 Å². The molecule has 1 aromatic rings. The Balaban J connectivity index is 2.26. The molecular weight excluding hydrogens is 260 g/mol. The molecule has 1 rings (SSSR count). The number of benzene rings is 1. The molecule has 0 unspecified atom stereocenters. The Hall–Kier alpha value is -1.82. The molecule has 3 heteroatoms. The highest BCUT2D eigenvalue weighted by Gasteiger charge is 2.05. The Morgan fingerprint density at radius 2 is 1.81 bits per heavy atom. The normalized spacial score (nSPS) is 10.1. The van der Waals surface area contributed by atoms with Gasteiger partial charge in [0.1, 0.15) is 0 Å². The van der Waals surface area contributed by atoms with Crippen molar-refractivity contribution < 1.29 is 4.79 Å². The summed E-state index contributed by atoms with van der Waals surface area (Å²) in [5.74, 6) is 0.0433. The summed E-state index contributed by atoms with van der Waals surface area (Å²) in [5, 5.41) is 11.8. The Morgan fingerprint density at radius 3 is 2.48 bits per heavy atom. The molecule has 1 aromatic carbocycles. The lowest BCUT2D eigenvalue weighted by Gasteiger charge is -2.08. The molecule has 0 saturated carbocycles. The van der Waals surface area contributed by atoms with Crippen molar-refractivity contribution in [2.75, 3.05) is 5.32 Å². The molecular formula is C18H26N2O. The molecule has 0 spiro atoms. The zero-order valence-corrected chi connectivity index (χ0v) is 13.2. The Labute approximate surface area is 128 Å². The summed E-state index contributed by atoms with van der Waals surface area (Å²) >= 11 is 0. The van der Waals surface area contributed by atoms with Crippen molar-refractivity contribution in [3.63, 3.8) is 0 Å². The van der Waals surface area contributed by atoms with Gasteiger partial charge in [0.15, 0.2) is 0 Å². The van der Waals surface area contributed by atoms with Crippen molar-refractivity contribution in [2.24, 2.45) is 0 Å². The van der Waals surface area contributed by atoms with Gasteiger partial charge in [-0.25, -0.2) is 0 Å². The van der Waals surface area contributed by atoms with Crippen molar-refractivity contribution in [1.29, 1.82) is 5.26 Å². The number of aryl methyl sites for hydroxylation is 1. The highest BCUT2D eigenvalue weighted by molar-refractivity contribution is 5.91. The molecule has 0 aromatic heterocycles. The monoisotopic (exact) mass is 286 g/mol. The molecule has 0 heterocycles. The van der Waals surface area contributed by atoms with Crippen LogP contribution >= 0.6 is 0 Å². The van der Waals surface area contributed by atoms with Crippen molar-refractivity contribution in [3.05, 3.63) is 29.3 Å². The van der Waals surface area contributed by atoms with Gasteiger partial charge in [0.2, 0.25) is 5.91 Å². The van der Waals surface area contributed by atoms with Gasteiger partial charge in [0, 0.05) is 12.1 Å². The molecule has 0 bridgehead atoms. The first kappa shape index (κ1) is 17.2. The molecule has 0 radical (unpaired) electrons. The fourth-order valence-corrected chi connectivity index (χ4v) is 2.28. The zero-order chi connectivity index (χ0) is 15.5. The fraction of sp³-hybridized carbons (Fsp3) is 0.556. The second-order valence-corrected chi connectivity index (χ2v) is 5.56. The van der Waals surface area contributed by atoms with Crippen LogP contribution in [0.5, 0.6) is 0 Å². The van der Waals surface area contributed by atoms with Gasteiger partial charge in [-0.2, -0.15) is 5.26 Å². The molecule has 21 heavy (non-hydrogen) atoms. The van der Waals surface area contributed by atoms with Gasteiger partial charge < -0.3 is 5.32 Å². The third-order valence-corrected chi connectivity index (χ3v) is 3.65. The van der Waals surface area contributed by atoms with Gasteiger partial charge in [-0.3, -0.25) is 4.79 Å². The van der Waals surface area contributed by atoms with Crippen LogP contribution in [0.25, 0.3) is 0 Å². The predicted octanol–water partition coefficient (Wildman–Crippen LogP) is 4.95. The summed E-state index contributed by atoms with van der Waals surface area (Å²) < 4.78 is 0. The van der Waals surface area contributed by atoms with Crippen LogP contribution in [0.4, 0.5) is 5.69 Å². The Morgan fingerprint density at radius 1 is 1.14 bits per heavy atom. The van der Waals surface area contributed by atoms with Crippen molar-refractivity contribution >= 4 is 11.6 Å². The standard InChI is InChI=1S/C18H26N2O/c1-3-4-5-6-7-8-9-10-18(21)20-17-13-16(14-19)12-11-15(17)2/h11-13H,3-10H2,1-2H3,(H,20,21). The minimum absolute atomic E-state index is 0.0433. The summed E-state index contributed by atoms with van der Waals surface area (Å²) in [6.07, 6.45) is 9.00. The van der Waals surface area contributed by atoms with E-state index in [0.29, 0.717) is 12.0 Å². The number of hydrogen-bond acceptors (Lipinski definition) is 2. The summed E-state index contributed by atoms with van der Waals surface area (Å²) in [5.41, 5.74) is 2.32. The van der Waals surface area contributed by atoms with E-state index in [0.717, 1.165) is 24.1 Å². The molecule has 114 valence electrons. The van der Waals surface area contributed by atoms with E-state index in [9.17, 15) is 4.79 Å². The van der Waals surface area contributed by atoms with Crippen LogP contribution in [0, 0.1) is 18.3 Å². The van der Waals surface area contributed by atoms with Gasteiger partial charge in [-0.05, 0) is 31.0 Å². The minimum Gasteiger partial charge on any atom is -0.326 e. The molecule has 1 N–H and O–H groups in total. The molecule has 0 saturated heterocycles. The largest absolute Gasteiger partial charge is 0.326 e.